The fourth-order valence-corrected chi connectivity index (χ4v) is 2.03. The minimum absolute atomic E-state index is 0.212. The number of nitrogens with zero attached hydrogens (tertiary/aromatic N) is 1. The maximum atomic E-state index is 12.6. The molecule has 0 saturated carbocycles. The van der Waals surface area contributed by atoms with E-state index in [-0.39, 0.29) is 5.91 Å². The summed E-state index contributed by atoms with van der Waals surface area (Å²) in [5.74, 6) is -0.101. The molecule has 2 amide bonds. The van der Waals surface area contributed by atoms with Crippen LogP contribution in [-0.4, -0.2) is 37.0 Å². The van der Waals surface area contributed by atoms with Crippen molar-refractivity contribution >= 4 is 11.8 Å². The van der Waals surface area contributed by atoms with Crippen LogP contribution in [-0.2, 0) is 11.3 Å². The highest BCUT2D eigenvalue weighted by Gasteiger charge is 2.18. The Labute approximate surface area is 128 Å². The van der Waals surface area contributed by atoms with Crippen molar-refractivity contribution < 1.29 is 18.7 Å². The predicted octanol–water partition coefficient (Wildman–Crippen LogP) is 1.67. The molecule has 6 nitrogen and oxygen atoms in total. The monoisotopic (exact) mass is 302 g/mol. The average Bonchev–Trinajstić information content (AvgIpc) is 3.04. The van der Waals surface area contributed by atoms with Gasteiger partial charge in [-0.15, -0.1) is 0 Å². The number of furan rings is 1. The van der Waals surface area contributed by atoms with E-state index in [9.17, 15) is 9.59 Å². The minimum atomic E-state index is -0.566. The summed E-state index contributed by atoms with van der Waals surface area (Å²) in [4.78, 5) is 25.5. The lowest BCUT2D eigenvalue weighted by Crippen LogP contribution is -2.33. The van der Waals surface area contributed by atoms with E-state index >= 15 is 0 Å². The second kappa shape index (κ2) is 7.42. The molecule has 2 rings (SSSR count). The van der Waals surface area contributed by atoms with E-state index in [1.54, 1.807) is 48.6 Å². The second-order valence-corrected chi connectivity index (χ2v) is 4.74. The average molecular weight is 302 g/mol. The number of amides is 2. The summed E-state index contributed by atoms with van der Waals surface area (Å²) < 4.78 is 10.3. The SMILES string of the molecule is COCCN(Cc1ccco1)C(=O)c1cccc(C(N)=O)c1. The molecule has 0 aliphatic heterocycles. The molecule has 2 N–H and O–H groups in total. The molecule has 6 heteroatoms. The molecule has 1 aromatic carbocycles. The van der Waals surface area contributed by atoms with Crippen LogP contribution in [0.3, 0.4) is 0 Å². The predicted molar refractivity (Wildman–Crippen MR) is 80.3 cm³/mol. The summed E-state index contributed by atoms with van der Waals surface area (Å²) in [6.45, 7) is 1.15. The zero-order valence-electron chi connectivity index (χ0n) is 12.3. The summed E-state index contributed by atoms with van der Waals surface area (Å²) in [5.41, 5.74) is 5.95. The molecular formula is C16H18N2O4. The van der Waals surface area contributed by atoms with Crippen LogP contribution in [0.2, 0.25) is 0 Å². The fraction of sp³-hybridized carbons (Fsp3) is 0.250. The second-order valence-electron chi connectivity index (χ2n) is 4.74. The first-order chi connectivity index (χ1) is 10.6. The Balaban J connectivity index is 2.20. The van der Waals surface area contributed by atoms with E-state index in [0.29, 0.717) is 36.6 Å². The van der Waals surface area contributed by atoms with Crippen LogP contribution in [0.5, 0.6) is 0 Å². The Morgan fingerprint density at radius 1 is 1.23 bits per heavy atom. The van der Waals surface area contributed by atoms with Gasteiger partial charge in [-0.3, -0.25) is 9.59 Å². The van der Waals surface area contributed by atoms with E-state index in [0.717, 1.165) is 0 Å². The van der Waals surface area contributed by atoms with E-state index in [2.05, 4.69) is 0 Å². The molecule has 0 bridgehead atoms. The van der Waals surface area contributed by atoms with E-state index in [1.807, 2.05) is 0 Å². The molecule has 0 unspecified atom stereocenters. The van der Waals surface area contributed by atoms with Gasteiger partial charge < -0.3 is 19.8 Å². The van der Waals surface area contributed by atoms with Gasteiger partial charge in [0.2, 0.25) is 5.91 Å². The van der Waals surface area contributed by atoms with Crippen molar-refractivity contribution in [2.24, 2.45) is 5.73 Å². The van der Waals surface area contributed by atoms with E-state index in [1.165, 1.54) is 6.07 Å². The van der Waals surface area contributed by atoms with Crippen LogP contribution in [0.15, 0.2) is 47.1 Å². The molecule has 0 fully saturated rings. The number of primary amides is 1. The third kappa shape index (κ3) is 3.95. The highest BCUT2D eigenvalue weighted by molar-refractivity contribution is 5.99. The number of benzene rings is 1. The van der Waals surface area contributed by atoms with Crippen molar-refractivity contribution in [3.63, 3.8) is 0 Å². The molecule has 2 aromatic rings. The van der Waals surface area contributed by atoms with Crippen molar-refractivity contribution in [1.82, 2.24) is 4.90 Å². The zero-order chi connectivity index (χ0) is 15.9. The normalized spacial score (nSPS) is 10.4. The number of methoxy groups -OCH3 is 1. The first kappa shape index (κ1) is 15.8. The van der Waals surface area contributed by atoms with Gasteiger partial charge in [0.1, 0.15) is 5.76 Å². The lowest BCUT2D eigenvalue weighted by atomic mass is 10.1. The number of carbonyl (C=O) groups excluding carboxylic acids is 2. The van der Waals surface area contributed by atoms with Crippen LogP contribution in [0.25, 0.3) is 0 Å². The molecule has 0 aliphatic rings. The van der Waals surface area contributed by atoms with Gasteiger partial charge in [-0.25, -0.2) is 0 Å². The molecule has 1 aromatic heterocycles. The first-order valence-corrected chi connectivity index (χ1v) is 6.82. The maximum absolute atomic E-state index is 12.6. The molecule has 0 atom stereocenters. The van der Waals surface area contributed by atoms with Crippen molar-refractivity contribution in [2.45, 2.75) is 6.54 Å². The molecule has 0 saturated heterocycles. The highest BCUT2D eigenvalue weighted by atomic mass is 16.5. The van der Waals surface area contributed by atoms with Gasteiger partial charge in [0.15, 0.2) is 0 Å². The smallest absolute Gasteiger partial charge is 0.254 e. The van der Waals surface area contributed by atoms with Crippen molar-refractivity contribution in [3.8, 4) is 0 Å². The number of rotatable bonds is 7. The van der Waals surface area contributed by atoms with E-state index < -0.39 is 5.91 Å². The Bertz CT molecular complexity index is 637. The van der Waals surface area contributed by atoms with Crippen molar-refractivity contribution in [2.75, 3.05) is 20.3 Å². The Morgan fingerprint density at radius 2 is 2.00 bits per heavy atom. The van der Waals surface area contributed by atoms with Gasteiger partial charge >= 0.3 is 0 Å². The Morgan fingerprint density at radius 3 is 2.64 bits per heavy atom. The molecule has 0 aliphatic carbocycles. The van der Waals surface area contributed by atoms with Crippen LogP contribution < -0.4 is 5.73 Å². The number of nitrogens with two attached hydrogens (primary N) is 1. The summed E-state index contributed by atoms with van der Waals surface area (Å²) in [6, 6.07) is 9.91. The summed E-state index contributed by atoms with van der Waals surface area (Å²) in [7, 11) is 1.57. The third-order valence-corrected chi connectivity index (χ3v) is 3.17. The molecule has 1 heterocycles. The minimum Gasteiger partial charge on any atom is -0.467 e. The maximum Gasteiger partial charge on any atom is 0.254 e. The summed E-state index contributed by atoms with van der Waals surface area (Å²) in [6.07, 6.45) is 1.56. The largest absolute Gasteiger partial charge is 0.467 e. The quantitative estimate of drug-likeness (QED) is 0.843. The van der Waals surface area contributed by atoms with Gasteiger partial charge in [0.25, 0.3) is 5.91 Å². The molecule has 116 valence electrons. The molecule has 0 radical (unpaired) electrons. The highest BCUT2D eigenvalue weighted by Crippen LogP contribution is 2.12. The van der Waals surface area contributed by atoms with Gasteiger partial charge in [-0.1, -0.05) is 6.07 Å². The fourth-order valence-electron chi connectivity index (χ4n) is 2.03. The number of ether oxygens (including phenoxy) is 1. The standard InChI is InChI=1S/C16H18N2O4/c1-21-9-7-18(11-14-6-3-8-22-14)16(20)13-5-2-4-12(10-13)15(17)19/h2-6,8,10H,7,9,11H2,1H3,(H2,17,19). The van der Waals surface area contributed by atoms with Crippen molar-refractivity contribution in [3.05, 3.63) is 59.5 Å². The van der Waals surface area contributed by atoms with Crippen LogP contribution in [0, 0.1) is 0 Å². The number of hydrogen-bond donors (Lipinski definition) is 1. The van der Waals surface area contributed by atoms with Crippen molar-refractivity contribution in [1.29, 1.82) is 0 Å². The zero-order valence-corrected chi connectivity index (χ0v) is 12.3. The lowest BCUT2D eigenvalue weighted by molar-refractivity contribution is 0.0666. The summed E-state index contributed by atoms with van der Waals surface area (Å²) >= 11 is 0. The number of carbonyl (C=O) groups is 2. The number of hydrogen-bond acceptors (Lipinski definition) is 4. The lowest BCUT2D eigenvalue weighted by Gasteiger charge is -2.21. The molecular weight excluding hydrogens is 284 g/mol. The Kier molecular flexibility index (Phi) is 5.32. The Hall–Kier alpha value is -2.60. The van der Waals surface area contributed by atoms with Gasteiger partial charge in [-0.05, 0) is 30.3 Å². The molecule has 0 spiro atoms. The first-order valence-electron chi connectivity index (χ1n) is 6.82. The van der Waals surface area contributed by atoms with Crippen LogP contribution in [0.1, 0.15) is 26.5 Å². The van der Waals surface area contributed by atoms with Gasteiger partial charge in [0, 0.05) is 24.8 Å². The van der Waals surface area contributed by atoms with Crippen LogP contribution in [0.4, 0.5) is 0 Å². The topological polar surface area (TPSA) is 85.8 Å². The molecule has 22 heavy (non-hydrogen) atoms. The third-order valence-electron chi connectivity index (χ3n) is 3.17. The summed E-state index contributed by atoms with van der Waals surface area (Å²) in [5, 5.41) is 0. The van der Waals surface area contributed by atoms with Gasteiger partial charge in [0.05, 0.1) is 19.4 Å². The van der Waals surface area contributed by atoms with Gasteiger partial charge in [-0.2, -0.15) is 0 Å². The van der Waals surface area contributed by atoms with E-state index in [4.69, 9.17) is 14.9 Å². The van der Waals surface area contributed by atoms with Crippen LogP contribution >= 0.6 is 0 Å².